The molecule has 2 amide bonds. The quantitative estimate of drug-likeness (QED) is 0.413. The van der Waals surface area contributed by atoms with Gasteiger partial charge in [0.05, 0.1) is 40.9 Å². The highest BCUT2D eigenvalue weighted by molar-refractivity contribution is 6.32. The summed E-state index contributed by atoms with van der Waals surface area (Å²) in [5.41, 5.74) is 2.02. The van der Waals surface area contributed by atoms with Crippen molar-refractivity contribution in [1.29, 1.82) is 10.7 Å². The van der Waals surface area contributed by atoms with Gasteiger partial charge >= 0.3 is 12.0 Å². The minimum absolute atomic E-state index is 0.137. The Kier molecular flexibility index (Phi) is 8.73. The largest absolute Gasteiger partial charge is 0.449 e. The predicted molar refractivity (Wildman–Crippen MR) is 138 cm³/mol. The number of nitrogens with two attached hydrogens (primary N) is 1. The van der Waals surface area contributed by atoms with Crippen molar-refractivity contribution in [2.45, 2.75) is 20.8 Å². The zero-order valence-corrected chi connectivity index (χ0v) is 20.8. The number of nitrogens with one attached hydrogen (secondary N) is 3. The van der Waals surface area contributed by atoms with Crippen LogP contribution < -0.4 is 16.0 Å². The van der Waals surface area contributed by atoms with Crippen molar-refractivity contribution in [1.82, 2.24) is 4.98 Å². The predicted octanol–water partition coefficient (Wildman–Crippen LogP) is 4.35. The van der Waals surface area contributed by atoms with Gasteiger partial charge in [-0.3, -0.25) is 15.4 Å². The molecule has 1 aliphatic rings. The van der Waals surface area contributed by atoms with E-state index >= 15 is 0 Å². The third-order valence-corrected chi connectivity index (χ3v) is 5.34. The van der Waals surface area contributed by atoms with Gasteiger partial charge < -0.3 is 15.5 Å². The summed E-state index contributed by atoms with van der Waals surface area (Å²) in [5.74, 6) is -0.0549. The first kappa shape index (κ1) is 26.3. The van der Waals surface area contributed by atoms with E-state index in [2.05, 4.69) is 15.6 Å². The highest BCUT2D eigenvalue weighted by atomic mass is 35.5. The Balaban J connectivity index is 2.00. The van der Waals surface area contributed by atoms with E-state index in [0.717, 1.165) is 0 Å². The summed E-state index contributed by atoms with van der Waals surface area (Å²) < 4.78 is 5.20. The van der Waals surface area contributed by atoms with E-state index in [-0.39, 0.29) is 29.6 Å². The summed E-state index contributed by atoms with van der Waals surface area (Å²) in [6, 6.07) is 8.42. The average molecular weight is 506 g/mol. The van der Waals surface area contributed by atoms with Gasteiger partial charge in [-0.2, -0.15) is 5.26 Å². The van der Waals surface area contributed by atoms with Crippen molar-refractivity contribution in [3.8, 4) is 6.07 Å². The standard InChI is InChI=1S/C26H25ClN6O3/c1-15(2)14-36-26(35)31-21-12-17(13-28)11-16(3)22(21)33-25(34)23(18-7-4-5-9-20(18)29)32-24-19(27)8-6-10-30-24/h4-12,15,29H,14H2,1-3H3,(H,30,32)(H,31,35)(H,33,34)/p+1/b23-18-,29-20?. The van der Waals surface area contributed by atoms with E-state index < -0.39 is 12.0 Å². The lowest BCUT2D eigenvalue weighted by molar-refractivity contribution is -0.515. The molecule has 3 rings (SSSR count). The molecule has 0 radical (unpaired) electrons. The number of halogens is 1. The summed E-state index contributed by atoms with van der Waals surface area (Å²) in [4.78, 5) is 30.2. The first-order valence-corrected chi connectivity index (χ1v) is 11.5. The molecule has 0 spiro atoms. The Labute approximate surface area is 214 Å². The molecule has 2 aromatic rings. The number of quaternary nitrogens is 1. The molecule has 0 saturated heterocycles. The van der Waals surface area contributed by atoms with Gasteiger partial charge in [-0.1, -0.05) is 37.6 Å². The van der Waals surface area contributed by atoms with Gasteiger partial charge in [0, 0.05) is 6.20 Å². The minimum Gasteiger partial charge on any atom is -0.449 e. The van der Waals surface area contributed by atoms with Crippen LogP contribution in [0.1, 0.15) is 25.0 Å². The van der Waals surface area contributed by atoms with Crippen LogP contribution in [0, 0.1) is 29.6 Å². The number of hydrogen-bond donors (Lipinski definition) is 4. The van der Waals surface area contributed by atoms with Gasteiger partial charge in [-0.25, -0.2) is 9.78 Å². The number of hydrogen-bond acceptors (Lipinski definition) is 6. The van der Waals surface area contributed by atoms with Gasteiger partial charge in [0.1, 0.15) is 5.02 Å². The van der Waals surface area contributed by atoms with Crippen molar-refractivity contribution >= 4 is 46.5 Å². The molecule has 0 saturated carbocycles. The molecule has 10 heteroatoms. The minimum atomic E-state index is -0.707. The maximum atomic E-state index is 13.6. The van der Waals surface area contributed by atoms with Gasteiger partial charge in [0.25, 0.3) is 0 Å². The molecule has 1 aliphatic carbocycles. The first-order chi connectivity index (χ1) is 17.2. The zero-order valence-electron chi connectivity index (χ0n) is 20.1. The molecular weight excluding hydrogens is 480 g/mol. The summed E-state index contributed by atoms with van der Waals surface area (Å²) in [7, 11) is 0. The number of allylic oxidation sites excluding steroid dienone is 5. The second-order valence-electron chi connectivity index (χ2n) is 8.37. The summed E-state index contributed by atoms with van der Waals surface area (Å²) >= 11 is 6.28. The van der Waals surface area contributed by atoms with Gasteiger partial charge in [-0.05, 0) is 54.8 Å². The molecule has 5 N–H and O–H groups in total. The Hall–Kier alpha value is -4.26. The third kappa shape index (κ3) is 6.66. The lowest BCUT2D eigenvalue weighted by Crippen LogP contribution is -2.79. The highest BCUT2D eigenvalue weighted by Gasteiger charge is 2.26. The van der Waals surface area contributed by atoms with Crippen LogP contribution in [-0.4, -0.2) is 29.3 Å². The molecule has 0 unspecified atom stereocenters. The molecule has 1 aromatic heterocycles. The number of benzene rings is 1. The molecule has 0 atom stereocenters. The van der Waals surface area contributed by atoms with Crippen LogP contribution in [0.25, 0.3) is 0 Å². The van der Waals surface area contributed by atoms with Crippen LogP contribution in [0.5, 0.6) is 0 Å². The summed E-state index contributed by atoms with van der Waals surface area (Å²) in [6.45, 7) is 5.73. The van der Waals surface area contributed by atoms with E-state index in [1.54, 1.807) is 55.6 Å². The van der Waals surface area contributed by atoms with Gasteiger partial charge in [-0.15, -0.1) is 0 Å². The number of aromatic nitrogens is 1. The van der Waals surface area contributed by atoms with Crippen LogP contribution in [0.15, 0.2) is 66.0 Å². The number of carbonyl (C=O) groups excluding carboxylic acids is 2. The van der Waals surface area contributed by atoms with Crippen molar-refractivity contribution in [3.05, 3.63) is 82.2 Å². The normalized spacial score (nSPS) is 13.8. The summed E-state index contributed by atoms with van der Waals surface area (Å²) in [5, 5.41) is 25.0. The fourth-order valence-electron chi connectivity index (χ4n) is 3.31. The third-order valence-electron chi connectivity index (χ3n) is 5.02. The molecule has 9 nitrogen and oxygen atoms in total. The highest BCUT2D eigenvalue weighted by Crippen LogP contribution is 2.29. The van der Waals surface area contributed by atoms with Crippen molar-refractivity contribution < 1.29 is 19.6 Å². The Morgan fingerprint density at radius 2 is 2.00 bits per heavy atom. The first-order valence-electron chi connectivity index (χ1n) is 11.1. The smallest absolute Gasteiger partial charge is 0.411 e. The van der Waals surface area contributed by atoms with Gasteiger partial charge in [0.2, 0.25) is 11.5 Å². The second-order valence-corrected chi connectivity index (χ2v) is 8.78. The van der Waals surface area contributed by atoms with Crippen molar-refractivity contribution in [2.75, 3.05) is 17.2 Å². The van der Waals surface area contributed by atoms with Crippen LogP contribution in [0.4, 0.5) is 22.0 Å². The van der Waals surface area contributed by atoms with Crippen molar-refractivity contribution in [3.63, 3.8) is 0 Å². The van der Waals surface area contributed by atoms with E-state index in [9.17, 15) is 14.9 Å². The van der Waals surface area contributed by atoms with E-state index in [4.69, 9.17) is 21.7 Å². The molecule has 0 aliphatic heterocycles. The lowest BCUT2D eigenvalue weighted by atomic mass is 10.0. The topological polar surface area (TPSA) is 145 Å². The Morgan fingerprint density at radius 3 is 2.67 bits per heavy atom. The van der Waals surface area contributed by atoms with Crippen molar-refractivity contribution in [2.24, 2.45) is 5.92 Å². The van der Waals surface area contributed by atoms with Crippen LogP contribution >= 0.6 is 11.6 Å². The van der Waals surface area contributed by atoms with Crippen LogP contribution in [-0.2, 0) is 9.53 Å². The fourth-order valence-corrected chi connectivity index (χ4v) is 3.49. The number of anilines is 2. The number of carbonyl (C=O) groups is 2. The van der Waals surface area contributed by atoms with E-state index in [1.807, 2.05) is 19.9 Å². The molecule has 36 heavy (non-hydrogen) atoms. The van der Waals surface area contributed by atoms with Crippen LogP contribution in [0.2, 0.25) is 5.02 Å². The number of nitriles is 1. The monoisotopic (exact) mass is 505 g/mol. The molecular formula is C26H26ClN6O3+. The SMILES string of the molecule is Cc1cc(C#N)cc(NC(=O)OCC(C)C)c1NC(=O)/C([NH2+]c1ncccc1Cl)=C1\C=CC=CC1=N. The maximum Gasteiger partial charge on any atom is 0.411 e. The number of nitrogens with zero attached hydrogens (tertiary/aromatic N) is 2. The van der Waals surface area contributed by atoms with E-state index in [1.165, 1.54) is 11.4 Å². The summed E-state index contributed by atoms with van der Waals surface area (Å²) in [6.07, 6.45) is 7.49. The molecule has 0 fully saturated rings. The number of aryl methyl sites for hydroxylation is 1. The average Bonchev–Trinajstić information content (AvgIpc) is 2.84. The molecule has 184 valence electrons. The van der Waals surface area contributed by atoms with Crippen LogP contribution in [0.3, 0.4) is 0 Å². The zero-order chi connectivity index (χ0) is 26.2. The molecule has 1 heterocycles. The fraction of sp³-hybridized carbons (Fsp3) is 0.192. The molecule has 0 bridgehead atoms. The molecule has 1 aromatic carbocycles. The van der Waals surface area contributed by atoms with E-state index in [0.29, 0.717) is 33.2 Å². The number of pyridine rings is 1. The van der Waals surface area contributed by atoms with Gasteiger partial charge in [0.15, 0.2) is 0 Å². The lowest BCUT2D eigenvalue weighted by Gasteiger charge is -2.17. The maximum absolute atomic E-state index is 13.6. The Bertz CT molecular complexity index is 1340. The Morgan fingerprint density at radius 1 is 1.25 bits per heavy atom. The number of rotatable bonds is 7. The second kappa shape index (κ2) is 11.9. The number of ether oxygens (including phenoxy) is 1. The number of amides is 2.